The van der Waals surface area contributed by atoms with Gasteiger partial charge in [0.2, 0.25) is 0 Å². The summed E-state index contributed by atoms with van der Waals surface area (Å²) in [5.41, 5.74) is 0.815. The summed E-state index contributed by atoms with van der Waals surface area (Å²) in [7, 11) is 1.95. The Hall–Kier alpha value is -1.36. The van der Waals surface area contributed by atoms with Gasteiger partial charge in [0, 0.05) is 36.8 Å². The van der Waals surface area contributed by atoms with E-state index in [4.69, 9.17) is 4.74 Å². The largest absolute Gasteiger partial charge is 0.493 e. The van der Waals surface area contributed by atoms with Crippen molar-refractivity contribution in [1.82, 2.24) is 9.55 Å². The fourth-order valence-corrected chi connectivity index (χ4v) is 2.12. The molecule has 0 amide bonds. The van der Waals surface area contributed by atoms with Crippen molar-refractivity contribution in [3.05, 3.63) is 47.8 Å². The summed E-state index contributed by atoms with van der Waals surface area (Å²) < 4.78 is 20.7. The summed E-state index contributed by atoms with van der Waals surface area (Å²) in [5.74, 6) is 1.43. The standard InChI is InChI=1S/C13H14BrFN2O/c1-17-6-5-16-13(17)4-7-18-12-3-2-11(15)8-10(12)9-14/h2-3,5-6,8H,4,7,9H2,1H3. The summed E-state index contributed by atoms with van der Waals surface area (Å²) in [6.45, 7) is 0.524. The Balaban J connectivity index is 1.96. The van der Waals surface area contributed by atoms with Crippen LogP contribution in [0.15, 0.2) is 30.6 Å². The molecule has 5 heteroatoms. The van der Waals surface area contributed by atoms with Crippen LogP contribution in [-0.2, 0) is 18.8 Å². The molecule has 0 saturated heterocycles. The van der Waals surface area contributed by atoms with Crippen LogP contribution >= 0.6 is 15.9 Å². The first-order valence-electron chi connectivity index (χ1n) is 5.64. The minimum atomic E-state index is -0.249. The molecule has 18 heavy (non-hydrogen) atoms. The van der Waals surface area contributed by atoms with E-state index < -0.39 is 0 Å². The molecule has 1 heterocycles. The highest BCUT2D eigenvalue weighted by Crippen LogP contribution is 2.22. The molecule has 2 rings (SSSR count). The molecule has 0 bridgehead atoms. The van der Waals surface area contributed by atoms with Crippen molar-refractivity contribution in [3.8, 4) is 5.75 Å². The first-order chi connectivity index (χ1) is 8.70. The molecule has 0 aliphatic rings. The smallest absolute Gasteiger partial charge is 0.123 e. The fraction of sp³-hybridized carbons (Fsp3) is 0.308. The van der Waals surface area contributed by atoms with Gasteiger partial charge in [-0.2, -0.15) is 0 Å². The molecule has 0 fully saturated rings. The molecule has 0 radical (unpaired) electrons. The topological polar surface area (TPSA) is 27.1 Å². The third kappa shape index (κ3) is 3.10. The lowest BCUT2D eigenvalue weighted by atomic mass is 10.2. The zero-order valence-electron chi connectivity index (χ0n) is 10.1. The molecule has 0 spiro atoms. The summed E-state index contributed by atoms with van der Waals surface area (Å²) in [6, 6.07) is 4.54. The second-order valence-electron chi connectivity index (χ2n) is 3.94. The molecular weight excluding hydrogens is 299 g/mol. The van der Waals surface area contributed by atoms with E-state index in [2.05, 4.69) is 20.9 Å². The highest BCUT2D eigenvalue weighted by molar-refractivity contribution is 9.08. The van der Waals surface area contributed by atoms with Crippen LogP contribution in [0.3, 0.4) is 0 Å². The third-order valence-corrected chi connectivity index (χ3v) is 3.27. The molecule has 3 nitrogen and oxygen atoms in total. The van der Waals surface area contributed by atoms with Crippen molar-refractivity contribution in [2.75, 3.05) is 6.61 Å². The summed E-state index contributed by atoms with van der Waals surface area (Å²) in [6.07, 6.45) is 4.39. The van der Waals surface area contributed by atoms with Gasteiger partial charge >= 0.3 is 0 Å². The molecule has 0 atom stereocenters. The van der Waals surface area contributed by atoms with Gasteiger partial charge in [0.25, 0.3) is 0 Å². The zero-order valence-corrected chi connectivity index (χ0v) is 11.7. The van der Waals surface area contributed by atoms with E-state index in [-0.39, 0.29) is 5.82 Å². The van der Waals surface area contributed by atoms with Crippen molar-refractivity contribution < 1.29 is 9.13 Å². The number of benzene rings is 1. The van der Waals surface area contributed by atoms with Crippen molar-refractivity contribution in [2.45, 2.75) is 11.8 Å². The van der Waals surface area contributed by atoms with Gasteiger partial charge in [0.15, 0.2) is 0 Å². The third-order valence-electron chi connectivity index (χ3n) is 2.67. The van der Waals surface area contributed by atoms with Crippen LogP contribution in [0.4, 0.5) is 4.39 Å². The monoisotopic (exact) mass is 312 g/mol. The first kappa shape index (κ1) is 13.1. The number of rotatable bonds is 5. The molecule has 0 N–H and O–H groups in total. The Morgan fingerprint density at radius 3 is 2.94 bits per heavy atom. The normalized spacial score (nSPS) is 10.6. The molecule has 2 aromatic rings. The van der Waals surface area contributed by atoms with Gasteiger partial charge in [-0.3, -0.25) is 0 Å². The number of hydrogen-bond acceptors (Lipinski definition) is 2. The van der Waals surface area contributed by atoms with Crippen molar-refractivity contribution in [1.29, 1.82) is 0 Å². The molecule has 0 aliphatic carbocycles. The molecule has 96 valence electrons. The summed E-state index contributed by atoms with van der Waals surface area (Å²) in [4.78, 5) is 4.22. The minimum absolute atomic E-state index is 0.249. The Morgan fingerprint density at radius 1 is 1.44 bits per heavy atom. The molecule has 0 unspecified atom stereocenters. The van der Waals surface area contributed by atoms with E-state index in [0.29, 0.717) is 17.7 Å². The Morgan fingerprint density at radius 2 is 2.28 bits per heavy atom. The van der Waals surface area contributed by atoms with E-state index in [1.54, 1.807) is 12.3 Å². The minimum Gasteiger partial charge on any atom is -0.493 e. The molecule has 0 aliphatic heterocycles. The van der Waals surface area contributed by atoms with Crippen LogP contribution in [0.25, 0.3) is 0 Å². The predicted octanol–water partition coefficient (Wildman–Crippen LogP) is 3.08. The van der Waals surface area contributed by atoms with Gasteiger partial charge < -0.3 is 9.30 Å². The van der Waals surface area contributed by atoms with Gasteiger partial charge in [-0.15, -0.1) is 0 Å². The van der Waals surface area contributed by atoms with E-state index in [1.807, 2.05) is 17.8 Å². The van der Waals surface area contributed by atoms with E-state index in [1.165, 1.54) is 12.1 Å². The average molecular weight is 313 g/mol. The maximum Gasteiger partial charge on any atom is 0.123 e. The highest BCUT2D eigenvalue weighted by atomic mass is 79.9. The lowest BCUT2D eigenvalue weighted by Crippen LogP contribution is -2.07. The number of halogens is 2. The van der Waals surface area contributed by atoms with Crippen LogP contribution in [0.2, 0.25) is 0 Å². The fourth-order valence-electron chi connectivity index (χ4n) is 1.68. The first-order valence-corrected chi connectivity index (χ1v) is 6.76. The molecule has 0 saturated carbocycles. The number of hydrogen-bond donors (Lipinski definition) is 0. The van der Waals surface area contributed by atoms with Crippen LogP contribution < -0.4 is 4.74 Å². The van der Waals surface area contributed by atoms with Crippen LogP contribution in [-0.4, -0.2) is 16.2 Å². The number of imidazole rings is 1. The maximum atomic E-state index is 13.0. The number of nitrogens with zero attached hydrogens (tertiary/aromatic N) is 2. The maximum absolute atomic E-state index is 13.0. The second-order valence-corrected chi connectivity index (χ2v) is 4.50. The zero-order chi connectivity index (χ0) is 13.0. The van der Waals surface area contributed by atoms with Gasteiger partial charge in [-0.1, -0.05) is 15.9 Å². The molecular formula is C13H14BrFN2O. The number of ether oxygens (including phenoxy) is 1. The van der Waals surface area contributed by atoms with E-state index in [9.17, 15) is 4.39 Å². The lowest BCUT2D eigenvalue weighted by molar-refractivity contribution is 0.314. The van der Waals surface area contributed by atoms with Crippen molar-refractivity contribution >= 4 is 15.9 Å². The van der Waals surface area contributed by atoms with Gasteiger partial charge in [-0.05, 0) is 18.2 Å². The van der Waals surface area contributed by atoms with Gasteiger partial charge in [-0.25, -0.2) is 9.37 Å². The van der Waals surface area contributed by atoms with Crippen molar-refractivity contribution in [2.24, 2.45) is 7.05 Å². The number of alkyl halides is 1. The number of aromatic nitrogens is 2. The number of aryl methyl sites for hydroxylation is 1. The summed E-state index contributed by atoms with van der Waals surface area (Å²) in [5, 5.41) is 0.572. The van der Waals surface area contributed by atoms with Crippen LogP contribution in [0, 0.1) is 5.82 Å². The van der Waals surface area contributed by atoms with Crippen LogP contribution in [0.5, 0.6) is 5.75 Å². The van der Waals surface area contributed by atoms with Gasteiger partial charge in [0.1, 0.15) is 17.4 Å². The molecule has 1 aromatic carbocycles. The quantitative estimate of drug-likeness (QED) is 0.793. The Bertz CT molecular complexity index is 527. The lowest BCUT2D eigenvalue weighted by Gasteiger charge is -2.10. The van der Waals surface area contributed by atoms with Gasteiger partial charge in [0.05, 0.1) is 6.61 Å². The Kier molecular flexibility index (Phi) is 4.36. The molecule has 1 aromatic heterocycles. The van der Waals surface area contributed by atoms with E-state index in [0.717, 1.165) is 17.8 Å². The SMILES string of the molecule is Cn1ccnc1CCOc1ccc(F)cc1CBr. The summed E-state index contributed by atoms with van der Waals surface area (Å²) >= 11 is 3.32. The Labute approximate surface area is 114 Å². The van der Waals surface area contributed by atoms with E-state index >= 15 is 0 Å². The average Bonchev–Trinajstić information content (AvgIpc) is 2.77. The predicted molar refractivity (Wildman–Crippen MR) is 71.4 cm³/mol. The van der Waals surface area contributed by atoms with Crippen LogP contribution in [0.1, 0.15) is 11.4 Å². The highest BCUT2D eigenvalue weighted by Gasteiger charge is 2.05. The second kappa shape index (κ2) is 6.00. The van der Waals surface area contributed by atoms with Crippen molar-refractivity contribution in [3.63, 3.8) is 0 Å².